The zero-order chi connectivity index (χ0) is 17.6. The molecule has 0 saturated heterocycles. The van der Waals surface area contributed by atoms with Crippen molar-refractivity contribution in [3.8, 4) is 5.75 Å². The van der Waals surface area contributed by atoms with E-state index in [9.17, 15) is 14.3 Å². The van der Waals surface area contributed by atoms with Gasteiger partial charge in [-0.15, -0.1) is 0 Å². The summed E-state index contributed by atoms with van der Waals surface area (Å²) in [6, 6.07) is 14.1. The van der Waals surface area contributed by atoms with Gasteiger partial charge in [0.1, 0.15) is 18.2 Å². The maximum absolute atomic E-state index is 13.7. The van der Waals surface area contributed by atoms with E-state index in [1.54, 1.807) is 18.2 Å². The molecule has 3 rings (SSSR count). The second-order valence-electron chi connectivity index (χ2n) is 6.35. The van der Waals surface area contributed by atoms with Gasteiger partial charge in [0.15, 0.2) is 0 Å². The summed E-state index contributed by atoms with van der Waals surface area (Å²) in [7, 11) is 0. The number of aliphatic carboxylic acids is 1. The molecule has 1 fully saturated rings. The van der Waals surface area contributed by atoms with Gasteiger partial charge < -0.3 is 15.2 Å². The quantitative estimate of drug-likeness (QED) is 0.804. The third kappa shape index (κ3) is 4.37. The molecule has 0 aliphatic heterocycles. The third-order valence-corrected chi connectivity index (χ3v) is 4.70. The van der Waals surface area contributed by atoms with Crippen molar-refractivity contribution in [2.24, 2.45) is 5.92 Å². The van der Waals surface area contributed by atoms with E-state index in [-0.39, 0.29) is 24.4 Å². The van der Waals surface area contributed by atoms with E-state index in [0.29, 0.717) is 17.9 Å². The van der Waals surface area contributed by atoms with Crippen molar-refractivity contribution in [2.75, 3.05) is 0 Å². The molecule has 25 heavy (non-hydrogen) atoms. The van der Waals surface area contributed by atoms with Gasteiger partial charge in [-0.3, -0.25) is 4.79 Å². The van der Waals surface area contributed by atoms with Crippen LogP contribution in [0.1, 0.15) is 30.4 Å². The van der Waals surface area contributed by atoms with E-state index in [2.05, 4.69) is 5.32 Å². The third-order valence-electron chi connectivity index (χ3n) is 4.70. The summed E-state index contributed by atoms with van der Waals surface area (Å²) >= 11 is 0. The van der Waals surface area contributed by atoms with E-state index in [4.69, 9.17) is 4.74 Å². The topological polar surface area (TPSA) is 58.6 Å². The van der Waals surface area contributed by atoms with Crippen LogP contribution in [0.15, 0.2) is 48.5 Å². The van der Waals surface area contributed by atoms with Crippen LogP contribution in [-0.2, 0) is 17.9 Å². The fourth-order valence-electron chi connectivity index (χ4n) is 3.30. The van der Waals surface area contributed by atoms with Crippen LogP contribution in [0.4, 0.5) is 4.39 Å². The van der Waals surface area contributed by atoms with Gasteiger partial charge in [-0.25, -0.2) is 4.39 Å². The monoisotopic (exact) mass is 343 g/mol. The van der Waals surface area contributed by atoms with Gasteiger partial charge in [0.2, 0.25) is 0 Å². The normalized spacial score (nSPS) is 19.7. The van der Waals surface area contributed by atoms with Crippen molar-refractivity contribution >= 4 is 5.97 Å². The predicted octanol–water partition coefficient (Wildman–Crippen LogP) is 3.75. The number of carbonyl (C=O) groups is 1. The first-order valence-electron chi connectivity index (χ1n) is 8.55. The van der Waals surface area contributed by atoms with Crippen LogP contribution in [-0.4, -0.2) is 17.1 Å². The first-order valence-corrected chi connectivity index (χ1v) is 8.55. The molecule has 2 unspecified atom stereocenters. The first kappa shape index (κ1) is 17.4. The Morgan fingerprint density at radius 2 is 1.84 bits per heavy atom. The molecule has 2 atom stereocenters. The molecule has 1 saturated carbocycles. The highest BCUT2D eigenvalue weighted by atomic mass is 19.1. The van der Waals surface area contributed by atoms with E-state index >= 15 is 0 Å². The van der Waals surface area contributed by atoms with Crippen LogP contribution >= 0.6 is 0 Å². The average molecular weight is 343 g/mol. The largest absolute Gasteiger partial charge is 0.488 e. The Morgan fingerprint density at radius 3 is 2.60 bits per heavy atom. The minimum Gasteiger partial charge on any atom is -0.488 e. The number of halogens is 1. The van der Waals surface area contributed by atoms with Crippen LogP contribution in [0.3, 0.4) is 0 Å². The molecule has 0 aromatic heterocycles. The van der Waals surface area contributed by atoms with Gasteiger partial charge in [0.25, 0.3) is 0 Å². The number of carboxylic acids is 1. The molecule has 0 bridgehead atoms. The number of hydrogen-bond acceptors (Lipinski definition) is 3. The van der Waals surface area contributed by atoms with Crippen LogP contribution in [0.25, 0.3) is 0 Å². The standard InChI is InChI=1S/C20H22FNO3/c21-17-9-3-1-7-15(17)13-25-19-11-4-2-6-14(19)12-22-18-10-5-8-16(18)20(23)24/h1-4,6-7,9,11,16,18,22H,5,8,10,12-13H2,(H,23,24). The SMILES string of the molecule is O=C(O)C1CCCC1NCc1ccccc1OCc1ccccc1F. The summed E-state index contributed by atoms with van der Waals surface area (Å²) in [6.07, 6.45) is 2.52. The lowest BCUT2D eigenvalue weighted by molar-refractivity contribution is -0.142. The molecule has 1 aliphatic carbocycles. The summed E-state index contributed by atoms with van der Waals surface area (Å²) in [4.78, 5) is 11.3. The number of nitrogens with one attached hydrogen (secondary N) is 1. The maximum Gasteiger partial charge on any atom is 0.308 e. The van der Waals surface area contributed by atoms with Crippen LogP contribution in [0.5, 0.6) is 5.75 Å². The Kier molecular flexibility index (Phi) is 5.66. The Bertz CT molecular complexity index is 734. The Balaban J connectivity index is 1.63. The Labute approximate surface area is 146 Å². The summed E-state index contributed by atoms with van der Waals surface area (Å²) in [5, 5.41) is 12.6. The van der Waals surface area contributed by atoms with Gasteiger partial charge in [0.05, 0.1) is 5.92 Å². The molecule has 5 heteroatoms. The van der Waals surface area contributed by atoms with Gasteiger partial charge >= 0.3 is 5.97 Å². The summed E-state index contributed by atoms with van der Waals surface area (Å²) < 4.78 is 19.5. The number of para-hydroxylation sites is 1. The lowest BCUT2D eigenvalue weighted by Gasteiger charge is -2.19. The first-order chi connectivity index (χ1) is 12.1. The minimum atomic E-state index is -0.737. The summed E-state index contributed by atoms with van der Waals surface area (Å²) in [5.74, 6) is -0.665. The molecule has 2 aromatic rings. The molecule has 0 radical (unpaired) electrons. The van der Waals surface area contributed by atoms with E-state index in [1.807, 2.05) is 24.3 Å². The van der Waals surface area contributed by atoms with Crippen molar-refractivity contribution in [3.05, 3.63) is 65.5 Å². The van der Waals surface area contributed by atoms with E-state index in [0.717, 1.165) is 24.8 Å². The van der Waals surface area contributed by atoms with Crippen LogP contribution in [0.2, 0.25) is 0 Å². The van der Waals surface area contributed by atoms with E-state index < -0.39 is 5.97 Å². The number of rotatable bonds is 7. The van der Waals surface area contributed by atoms with Gasteiger partial charge in [-0.2, -0.15) is 0 Å². The average Bonchev–Trinajstić information content (AvgIpc) is 3.09. The molecular formula is C20H22FNO3. The number of carboxylic acid groups (broad SMARTS) is 1. The van der Waals surface area contributed by atoms with Crippen LogP contribution < -0.4 is 10.1 Å². The summed E-state index contributed by atoms with van der Waals surface area (Å²) in [5.41, 5.74) is 1.45. The minimum absolute atomic E-state index is 0.0166. The molecule has 2 N–H and O–H groups in total. The zero-order valence-corrected chi connectivity index (χ0v) is 14.0. The number of benzene rings is 2. The molecule has 0 heterocycles. The highest BCUT2D eigenvalue weighted by Crippen LogP contribution is 2.27. The smallest absolute Gasteiger partial charge is 0.308 e. The number of ether oxygens (including phenoxy) is 1. The molecular weight excluding hydrogens is 321 g/mol. The maximum atomic E-state index is 13.7. The van der Waals surface area contributed by atoms with E-state index in [1.165, 1.54) is 6.07 Å². The molecule has 132 valence electrons. The molecule has 4 nitrogen and oxygen atoms in total. The second-order valence-corrected chi connectivity index (χ2v) is 6.35. The fraction of sp³-hybridized carbons (Fsp3) is 0.350. The van der Waals surface area contributed by atoms with Gasteiger partial charge in [0, 0.05) is 23.7 Å². The highest BCUT2D eigenvalue weighted by Gasteiger charge is 2.32. The molecule has 2 aromatic carbocycles. The van der Waals surface area contributed by atoms with Gasteiger partial charge in [-0.1, -0.05) is 42.8 Å². The fourth-order valence-corrected chi connectivity index (χ4v) is 3.30. The lowest BCUT2D eigenvalue weighted by atomic mass is 10.0. The predicted molar refractivity (Wildman–Crippen MR) is 92.8 cm³/mol. The molecule has 0 amide bonds. The van der Waals surface area contributed by atoms with Gasteiger partial charge in [-0.05, 0) is 25.0 Å². The summed E-state index contributed by atoms with van der Waals surface area (Å²) in [6.45, 7) is 0.687. The zero-order valence-electron chi connectivity index (χ0n) is 14.0. The lowest BCUT2D eigenvalue weighted by Crippen LogP contribution is -2.35. The molecule has 0 spiro atoms. The second kappa shape index (κ2) is 8.12. The Morgan fingerprint density at radius 1 is 1.12 bits per heavy atom. The molecule has 1 aliphatic rings. The Hall–Kier alpha value is -2.40. The number of hydrogen-bond donors (Lipinski definition) is 2. The van der Waals surface area contributed by atoms with Crippen molar-refractivity contribution < 1.29 is 19.0 Å². The van der Waals surface area contributed by atoms with Crippen LogP contribution in [0, 0.1) is 11.7 Å². The van der Waals surface area contributed by atoms with Crippen molar-refractivity contribution in [1.82, 2.24) is 5.32 Å². The van der Waals surface area contributed by atoms with Crippen molar-refractivity contribution in [2.45, 2.75) is 38.5 Å². The highest BCUT2D eigenvalue weighted by molar-refractivity contribution is 5.71. The van der Waals surface area contributed by atoms with Crippen molar-refractivity contribution in [3.63, 3.8) is 0 Å². The van der Waals surface area contributed by atoms with Crippen molar-refractivity contribution in [1.29, 1.82) is 0 Å².